The summed E-state index contributed by atoms with van der Waals surface area (Å²) >= 11 is 0. The zero-order chi connectivity index (χ0) is 23.9. The number of nitro benzene ring substituents is 1. The van der Waals surface area contributed by atoms with Crippen molar-refractivity contribution >= 4 is 35.0 Å². The standard InChI is InChI=1S/C22H26N6O5/c1-11-6-12(2)10-27(9-11)22-25-19-18(21(31)26-22)15(8-17(29)24-19)20(30)23-16-5-4-14(28(32)33)7-13(16)3/h4-5,7,11-12,15H,6,8-10H2,1-3H3,(H,23,30)(H2,24,25,26,29,31)/t11-,12-,15-/m1/s1. The number of carbonyl (C=O) groups is 2. The molecule has 0 spiro atoms. The third-order valence-corrected chi connectivity index (χ3v) is 6.10. The van der Waals surface area contributed by atoms with Crippen LogP contribution in [0.1, 0.15) is 43.7 Å². The summed E-state index contributed by atoms with van der Waals surface area (Å²) in [7, 11) is 0. The molecule has 3 atom stereocenters. The molecule has 0 saturated carbocycles. The third-order valence-electron chi connectivity index (χ3n) is 6.10. The molecule has 11 heteroatoms. The van der Waals surface area contributed by atoms with Gasteiger partial charge in [-0.25, -0.2) is 0 Å². The van der Waals surface area contributed by atoms with Crippen molar-refractivity contribution in [2.45, 2.75) is 39.5 Å². The van der Waals surface area contributed by atoms with E-state index < -0.39 is 28.2 Å². The Morgan fingerprint density at radius 3 is 2.58 bits per heavy atom. The number of benzene rings is 1. The van der Waals surface area contributed by atoms with E-state index in [2.05, 4.69) is 34.4 Å². The van der Waals surface area contributed by atoms with Crippen LogP contribution >= 0.6 is 0 Å². The van der Waals surface area contributed by atoms with E-state index in [4.69, 9.17) is 0 Å². The Labute approximate surface area is 189 Å². The number of hydrogen-bond acceptors (Lipinski definition) is 7. The Bertz CT molecular complexity index is 1180. The minimum atomic E-state index is -1.03. The molecule has 3 N–H and O–H groups in total. The lowest BCUT2D eigenvalue weighted by Crippen LogP contribution is -2.42. The number of carbonyl (C=O) groups excluding carboxylic acids is 2. The summed E-state index contributed by atoms with van der Waals surface area (Å²) in [6.45, 7) is 7.39. The number of amides is 2. The number of fused-ring (bicyclic) bond motifs is 1. The molecule has 2 aliphatic heterocycles. The minimum Gasteiger partial charge on any atom is -0.342 e. The minimum absolute atomic E-state index is 0.0939. The lowest BCUT2D eigenvalue weighted by molar-refractivity contribution is -0.384. The molecule has 0 unspecified atom stereocenters. The van der Waals surface area contributed by atoms with Gasteiger partial charge in [-0.3, -0.25) is 29.5 Å². The van der Waals surface area contributed by atoms with E-state index >= 15 is 0 Å². The van der Waals surface area contributed by atoms with Gasteiger partial charge in [-0.15, -0.1) is 0 Å². The molecule has 33 heavy (non-hydrogen) atoms. The number of nitrogens with one attached hydrogen (secondary N) is 3. The Morgan fingerprint density at radius 1 is 1.24 bits per heavy atom. The highest BCUT2D eigenvalue weighted by molar-refractivity contribution is 6.04. The summed E-state index contributed by atoms with van der Waals surface area (Å²) in [5.74, 6) is -0.647. The van der Waals surface area contributed by atoms with Crippen LogP contribution in [0.25, 0.3) is 0 Å². The van der Waals surface area contributed by atoms with Crippen LogP contribution in [-0.2, 0) is 9.59 Å². The average Bonchev–Trinajstić information content (AvgIpc) is 2.73. The third kappa shape index (κ3) is 4.57. The predicted octanol–water partition coefficient (Wildman–Crippen LogP) is 2.53. The second-order valence-electron chi connectivity index (χ2n) is 9.05. The highest BCUT2D eigenvalue weighted by Crippen LogP contribution is 2.32. The average molecular weight is 454 g/mol. The van der Waals surface area contributed by atoms with Gasteiger partial charge in [0.25, 0.3) is 11.2 Å². The molecule has 2 aliphatic rings. The Hall–Kier alpha value is -3.76. The zero-order valence-corrected chi connectivity index (χ0v) is 18.7. The highest BCUT2D eigenvalue weighted by Gasteiger charge is 2.36. The molecule has 2 aromatic rings. The van der Waals surface area contributed by atoms with Crippen molar-refractivity contribution in [2.24, 2.45) is 11.8 Å². The zero-order valence-electron chi connectivity index (χ0n) is 18.7. The second-order valence-corrected chi connectivity index (χ2v) is 9.05. The van der Waals surface area contributed by atoms with Gasteiger partial charge in [0, 0.05) is 37.3 Å². The first-order valence-corrected chi connectivity index (χ1v) is 10.9. The van der Waals surface area contributed by atoms with Gasteiger partial charge < -0.3 is 15.5 Å². The van der Waals surface area contributed by atoms with Crippen LogP contribution in [0.2, 0.25) is 0 Å². The molecule has 174 valence electrons. The Kier molecular flexibility index (Phi) is 5.88. The number of aromatic nitrogens is 2. The molecule has 3 heterocycles. The number of anilines is 3. The fourth-order valence-corrected chi connectivity index (χ4v) is 4.69. The maximum atomic E-state index is 13.1. The number of non-ortho nitro benzene ring substituents is 1. The summed E-state index contributed by atoms with van der Waals surface area (Å²) in [5, 5.41) is 16.3. The van der Waals surface area contributed by atoms with Crippen LogP contribution in [0.15, 0.2) is 23.0 Å². The molecule has 0 aliphatic carbocycles. The van der Waals surface area contributed by atoms with Gasteiger partial charge in [-0.2, -0.15) is 4.98 Å². The molecule has 4 rings (SSSR count). The number of rotatable bonds is 4. The lowest BCUT2D eigenvalue weighted by atomic mass is 9.91. The molecule has 1 aromatic carbocycles. The van der Waals surface area contributed by atoms with Gasteiger partial charge in [-0.05, 0) is 36.8 Å². The maximum Gasteiger partial charge on any atom is 0.269 e. The van der Waals surface area contributed by atoms with E-state index in [1.807, 2.05) is 4.90 Å². The van der Waals surface area contributed by atoms with Crippen LogP contribution < -0.4 is 21.1 Å². The predicted molar refractivity (Wildman–Crippen MR) is 122 cm³/mol. The Morgan fingerprint density at radius 2 is 1.94 bits per heavy atom. The van der Waals surface area contributed by atoms with Crippen LogP contribution in [0.4, 0.5) is 23.1 Å². The van der Waals surface area contributed by atoms with Crippen LogP contribution in [0, 0.1) is 28.9 Å². The molecular formula is C22H26N6O5. The molecular weight excluding hydrogens is 428 g/mol. The number of aromatic amines is 1. The topological polar surface area (TPSA) is 150 Å². The number of H-pyrrole nitrogens is 1. The first kappa shape index (κ1) is 22.4. The molecule has 1 fully saturated rings. The van der Waals surface area contributed by atoms with E-state index in [1.165, 1.54) is 18.2 Å². The van der Waals surface area contributed by atoms with Crippen molar-refractivity contribution < 1.29 is 14.5 Å². The van der Waals surface area contributed by atoms with Gasteiger partial charge in [0.15, 0.2) is 0 Å². The number of nitro groups is 1. The molecule has 11 nitrogen and oxygen atoms in total. The number of nitrogens with zero attached hydrogens (tertiary/aromatic N) is 3. The number of hydrogen-bond donors (Lipinski definition) is 3. The van der Waals surface area contributed by atoms with Gasteiger partial charge >= 0.3 is 0 Å². The Balaban J connectivity index is 1.63. The van der Waals surface area contributed by atoms with Crippen molar-refractivity contribution in [3.8, 4) is 0 Å². The summed E-state index contributed by atoms with van der Waals surface area (Å²) in [6.07, 6.45) is 0.888. The summed E-state index contributed by atoms with van der Waals surface area (Å²) < 4.78 is 0. The van der Waals surface area contributed by atoms with E-state index in [9.17, 15) is 24.5 Å². The monoisotopic (exact) mass is 454 g/mol. The van der Waals surface area contributed by atoms with Crippen molar-refractivity contribution in [1.82, 2.24) is 9.97 Å². The molecule has 0 radical (unpaired) electrons. The van der Waals surface area contributed by atoms with E-state index in [1.54, 1.807) is 6.92 Å². The molecule has 1 saturated heterocycles. The van der Waals surface area contributed by atoms with Crippen LogP contribution in [0.3, 0.4) is 0 Å². The molecule has 2 amide bonds. The first-order chi connectivity index (χ1) is 15.6. The molecule has 0 bridgehead atoms. The lowest BCUT2D eigenvalue weighted by Gasteiger charge is -2.35. The normalized spacial score (nSPS) is 22.3. The van der Waals surface area contributed by atoms with Gasteiger partial charge in [0.2, 0.25) is 17.8 Å². The summed E-state index contributed by atoms with van der Waals surface area (Å²) in [6, 6.07) is 4.06. The van der Waals surface area contributed by atoms with E-state index in [-0.39, 0.29) is 23.5 Å². The quantitative estimate of drug-likeness (QED) is 0.474. The number of piperidine rings is 1. The SMILES string of the molecule is Cc1cc([N+](=O)[O-])ccc1NC(=O)[C@@H]1CC(=O)Nc2nc(N3C[C@H](C)C[C@@H](C)C3)[nH]c(=O)c21. The summed E-state index contributed by atoms with van der Waals surface area (Å²) in [4.78, 5) is 58.1. The van der Waals surface area contributed by atoms with Crippen molar-refractivity contribution in [1.29, 1.82) is 0 Å². The largest absolute Gasteiger partial charge is 0.342 e. The van der Waals surface area contributed by atoms with Crippen molar-refractivity contribution in [3.05, 3.63) is 49.8 Å². The second kappa shape index (κ2) is 8.64. The van der Waals surface area contributed by atoms with Crippen LogP contribution in [0.5, 0.6) is 0 Å². The van der Waals surface area contributed by atoms with Crippen LogP contribution in [-0.4, -0.2) is 39.8 Å². The smallest absolute Gasteiger partial charge is 0.269 e. The van der Waals surface area contributed by atoms with Crippen molar-refractivity contribution in [2.75, 3.05) is 28.6 Å². The maximum absolute atomic E-state index is 13.1. The highest BCUT2D eigenvalue weighted by atomic mass is 16.6. The van der Waals surface area contributed by atoms with E-state index in [0.29, 0.717) is 29.0 Å². The molecule has 1 aromatic heterocycles. The fourth-order valence-electron chi connectivity index (χ4n) is 4.69. The first-order valence-electron chi connectivity index (χ1n) is 10.9. The number of aryl methyl sites for hydroxylation is 1. The van der Waals surface area contributed by atoms with Gasteiger partial charge in [0.05, 0.1) is 16.4 Å². The van der Waals surface area contributed by atoms with Crippen molar-refractivity contribution in [3.63, 3.8) is 0 Å². The summed E-state index contributed by atoms with van der Waals surface area (Å²) in [5.41, 5.74) is 0.404. The van der Waals surface area contributed by atoms with Gasteiger partial charge in [-0.1, -0.05) is 13.8 Å². The van der Waals surface area contributed by atoms with E-state index in [0.717, 1.165) is 19.5 Å². The fraction of sp³-hybridized carbons (Fsp3) is 0.455. The van der Waals surface area contributed by atoms with Gasteiger partial charge in [0.1, 0.15) is 5.82 Å².